The van der Waals surface area contributed by atoms with E-state index in [9.17, 15) is 4.79 Å². The van der Waals surface area contributed by atoms with Crippen molar-refractivity contribution in [3.8, 4) is 5.75 Å². The molecule has 0 aromatic heterocycles. The molecular formula is C10H13N3O2. The van der Waals surface area contributed by atoms with Gasteiger partial charge >= 0.3 is 6.09 Å². The lowest BCUT2D eigenvalue weighted by Crippen LogP contribution is -2.20. The Morgan fingerprint density at radius 1 is 1.47 bits per heavy atom. The fourth-order valence-electron chi connectivity index (χ4n) is 1.74. The van der Waals surface area contributed by atoms with Crippen molar-refractivity contribution in [1.82, 2.24) is 0 Å². The monoisotopic (exact) mass is 207 g/mol. The number of nitrogens with one attached hydrogen (secondary N) is 1. The number of nitrogen functional groups attached to an aromatic ring is 1. The highest BCUT2D eigenvalue weighted by atomic mass is 16.5. The van der Waals surface area contributed by atoms with E-state index in [1.54, 1.807) is 6.07 Å². The molecule has 80 valence electrons. The van der Waals surface area contributed by atoms with Crippen LogP contribution >= 0.6 is 0 Å². The average molecular weight is 207 g/mol. The van der Waals surface area contributed by atoms with E-state index >= 15 is 0 Å². The lowest BCUT2D eigenvalue weighted by atomic mass is 10.0. The zero-order valence-corrected chi connectivity index (χ0v) is 8.25. The molecular weight excluding hydrogens is 194 g/mol. The van der Waals surface area contributed by atoms with Crippen molar-refractivity contribution in [2.75, 3.05) is 17.6 Å². The van der Waals surface area contributed by atoms with E-state index in [-0.39, 0.29) is 0 Å². The second kappa shape index (κ2) is 3.68. The zero-order chi connectivity index (χ0) is 10.8. The van der Waals surface area contributed by atoms with Crippen LogP contribution in [0.1, 0.15) is 12.0 Å². The molecule has 0 atom stereocenters. The normalized spacial score (nSPS) is 13.9. The Labute approximate surface area is 87.4 Å². The molecule has 0 saturated carbocycles. The molecule has 1 aromatic carbocycles. The number of aryl methyl sites for hydroxylation is 1. The molecule has 2 rings (SSSR count). The van der Waals surface area contributed by atoms with Crippen LogP contribution in [0.15, 0.2) is 12.1 Å². The van der Waals surface area contributed by atoms with Gasteiger partial charge in [-0.15, -0.1) is 0 Å². The molecule has 5 nitrogen and oxygen atoms in total. The molecule has 1 amide bonds. The number of hydrogen-bond acceptors (Lipinski definition) is 4. The lowest BCUT2D eigenvalue weighted by Gasteiger charge is -2.21. The number of ether oxygens (including phenoxy) is 1. The Bertz CT molecular complexity index is 404. The Morgan fingerprint density at radius 2 is 2.27 bits per heavy atom. The summed E-state index contributed by atoms with van der Waals surface area (Å²) in [5.41, 5.74) is 13.0. The highest BCUT2D eigenvalue weighted by Gasteiger charge is 2.17. The number of carbonyl (C=O) groups excluding carboxylic acids is 1. The van der Waals surface area contributed by atoms with Gasteiger partial charge in [-0.1, -0.05) is 6.07 Å². The fraction of sp³-hybridized carbons (Fsp3) is 0.300. The van der Waals surface area contributed by atoms with Crippen molar-refractivity contribution in [3.05, 3.63) is 17.7 Å². The van der Waals surface area contributed by atoms with Gasteiger partial charge in [-0.2, -0.15) is 0 Å². The SMILES string of the molecule is NC(=O)Oc1c(N)ccc2c1NCCC2. The number of primary amides is 1. The standard InChI is InChI=1S/C10H13N3O2/c11-7-4-3-6-2-1-5-13-8(6)9(7)15-10(12)14/h3-4,13H,1-2,5,11H2,(H2,12,14). The number of rotatable bonds is 1. The third kappa shape index (κ3) is 1.81. The van der Waals surface area contributed by atoms with E-state index < -0.39 is 6.09 Å². The first-order valence-corrected chi connectivity index (χ1v) is 4.81. The Morgan fingerprint density at radius 3 is 3.00 bits per heavy atom. The second-order valence-electron chi connectivity index (χ2n) is 3.47. The van der Waals surface area contributed by atoms with Crippen molar-refractivity contribution in [3.63, 3.8) is 0 Å². The maximum atomic E-state index is 10.7. The summed E-state index contributed by atoms with van der Waals surface area (Å²) in [6, 6.07) is 3.66. The van der Waals surface area contributed by atoms with Crippen LogP contribution in [-0.2, 0) is 6.42 Å². The van der Waals surface area contributed by atoms with Crippen LogP contribution in [0.4, 0.5) is 16.2 Å². The van der Waals surface area contributed by atoms with Crippen molar-refractivity contribution >= 4 is 17.5 Å². The summed E-state index contributed by atoms with van der Waals surface area (Å²) < 4.78 is 4.89. The summed E-state index contributed by atoms with van der Waals surface area (Å²) in [5.74, 6) is 0.347. The number of nitrogens with two attached hydrogens (primary N) is 2. The van der Waals surface area contributed by atoms with Gasteiger partial charge in [-0.3, -0.25) is 0 Å². The van der Waals surface area contributed by atoms with E-state index in [4.69, 9.17) is 16.2 Å². The summed E-state index contributed by atoms with van der Waals surface area (Å²) in [6.07, 6.45) is 1.17. The average Bonchev–Trinajstić information content (AvgIpc) is 2.22. The number of carbonyl (C=O) groups is 1. The van der Waals surface area contributed by atoms with Gasteiger partial charge in [0.05, 0.1) is 11.4 Å². The van der Waals surface area contributed by atoms with E-state index in [2.05, 4.69) is 5.32 Å². The maximum absolute atomic E-state index is 10.7. The first kappa shape index (κ1) is 9.64. The van der Waals surface area contributed by atoms with Gasteiger partial charge in [0.2, 0.25) is 0 Å². The molecule has 1 aliphatic heterocycles. The minimum Gasteiger partial charge on any atom is -0.406 e. The van der Waals surface area contributed by atoms with Gasteiger partial charge < -0.3 is 21.5 Å². The molecule has 15 heavy (non-hydrogen) atoms. The summed E-state index contributed by atoms with van der Waals surface area (Å²) in [5, 5.41) is 3.16. The first-order valence-electron chi connectivity index (χ1n) is 4.81. The highest BCUT2D eigenvalue weighted by Crippen LogP contribution is 2.37. The first-order chi connectivity index (χ1) is 7.18. The third-order valence-electron chi connectivity index (χ3n) is 2.40. The molecule has 0 fully saturated rings. The lowest BCUT2D eigenvalue weighted by molar-refractivity contribution is 0.211. The Hall–Kier alpha value is -1.91. The number of amides is 1. The van der Waals surface area contributed by atoms with Crippen molar-refractivity contribution in [2.45, 2.75) is 12.8 Å². The molecule has 0 aliphatic carbocycles. The molecule has 1 aromatic rings. The van der Waals surface area contributed by atoms with Gasteiger partial charge in [0.15, 0.2) is 5.75 Å². The predicted molar refractivity (Wildman–Crippen MR) is 57.9 cm³/mol. The van der Waals surface area contributed by atoms with Gasteiger partial charge in [0.1, 0.15) is 0 Å². The second-order valence-corrected chi connectivity index (χ2v) is 3.47. The van der Waals surface area contributed by atoms with Crippen LogP contribution in [0, 0.1) is 0 Å². The van der Waals surface area contributed by atoms with Crippen LogP contribution in [0.3, 0.4) is 0 Å². The summed E-state index contributed by atoms with van der Waals surface area (Å²) in [4.78, 5) is 10.7. The highest BCUT2D eigenvalue weighted by molar-refractivity contribution is 5.79. The third-order valence-corrected chi connectivity index (χ3v) is 2.40. The van der Waals surface area contributed by atoms with Gasteiger partial charge in [0.25, 0.3) is 0 Å². The minimum atomic E-state index is -0.845. The fourth-order valence-corrected chi connectivity index (χ4v) is 1.74. The molecule has 0 bridgehead atoms. The minimum absolute atomic E-state index is 0.347. The number of fused-ring (bicyclic) bond motifs is 1. The Kier molecular flexibility index (Phi) is 2.37. The number of hydrogen-bond donors (Lipinski definition) is 3. The molecule has 1 aliphatic rings. The van der Waals surface area contributed by atoms with Crippen molar-refractivity contribution in [2.24, 2.45) is 5.73 Å². The molecule has 0 radical (unpaired) electrons. The largest absolute Gasteiger partial charge is 0.410 e. The molecule has 0 saturated heterocycles. The van der Waals surface area contributed by atoms with Crippen LogP contribution in [0.25, 0.3) is 0 Å². The quantitative estimate of drug-likeness (QED) is 0.601. The zero-order valence-electron chi connectivity index (χ0n) is 8.25. The van der Waals surface area contributed by atoms with Crippen LogP contribution in [0.2, 0.25) is 0 Å². The summed E-state index contributed by atoms with van der Waals surface area (Å²) in [6.45, 7) is 0.853. The van der Waals surface area contributed by atoms with E-state index in [0.717, 1.165) is 30.6 Å². The van der Waals surface area contributed by atoms with Crippen LogP contribution in [-0.4, -0.2) is 12.6 Å². The smallest absolute Gasteiger partial charge is 0.406 e. The number of benzene rings is 1. The topological polar surface area (TPSA) is 90.4 Å². The van der Waals surface area contributed by atoms with Gasteiger partial charge in [0, 0.05) is 6.54 Å². The van der Waals surface area contributed by atoms with Crippen molar-refractivity contribution in [1.29, 1.82) is 0 Å². The molecule has 0 unspecified atom stereocenters. The van der Waals surface area contributed by atoms with Gasteiger partial charge in [-0.25, -0.2) is 4.79 Å². The van der Waals surface area contributed by atoms with E-state index in [1.807, 2.05) is 6.07 Å². The molecule has 0 spiro atoms. The molecule has 5 N–H and O–H groups in total. The molecule has 1 heterocycles. The summed E-state index contributed by atoms with van der Waals surface area (Å²) in [7, 11) is 0. The Balaban J connectivity index is 2.45. The molecule has 5 heteroatoms. The van der Waals surface area contributed by atoms with Crippen molar-refractivity contribution < 1.29 is 9.53 Å². The van der Waals surface area contributed by atoms with E-state index in [0.29, 0.717) is 11.4 Å². The maximum Gasteiger partial charge on any atom is 0.410 e. The predicted octanol–water partition coefficient (Wildman–Crippen LogP) is 1.08. The number of anilines is 2. The summed E-state index contributed by atoms with van der Waals surface area (Å²) >= 11 is 0. The van der Waals surface area contributed by atoms with Crippen LogP contribution in [0.5, 0.6) is 5.75 Å². The van der Waals surface area contributed by atoms with Gasteiger partial charge in [-0.05, 0) is 24.5 Å². The van der Waals surface area contributed by atoms with Crippen LogP contribution < -0.4 is 21.5 Å². The van der Waals surface area contributed by atoms with E-state index in [1.165, 1.54) is 0 Å².